The predicted molar refractivity (Wildman–Crippen MR) is 153 cm³/mol. The van der Waals surface area contributed by atoms with Crippen molar-refractivity contribution in [1.29, 1.82) is 0 Å². The fourth-order valence-electron chi connectivity index (χ4n) is 3.63. The second-order valence-electron chi connectivity index (χ2n) is 8.10. The number of nitrogens with one attached hydrogen (secondary N) is 2. The van der Waals surface area contributed by atoms with Gasteiger partial charge in [0.05, 0.1) is 17.9 Å². The second-order valence-corrected chi connectivity index (χ2v) is 9.95. The van der Waals surface area contributed by atoms with Crippen LogP contribution in [0.1, 0.15) is 27.6 Å². The van der Waals surface area contributed by atoms with Crippen LogP contribution >= 0.6 is 22.7 Å². The normalized spacial score (nSPS) is 10.7. The molecule has 1 amide bonds. The van der Waals surface area contributed by atoms with Crippen molar-refractivity contribution >= 4 is 56.9 Å². The Morgan fingerprint density at radius 1 is 0.921 bits per heavy atom. The van der Waals surface area contributed by atoms with E-state index in [0.717, 1.165) is 26.8 Å². The third kappa shape index (κ3) is 5.72. The Morgan fingerprint density at radius 3 is 2.47 bits per heavy atom. The molecule has 5 aromatic rings. The topological polar surface area (TPSA) is 119 Å². The van der Waals surface area contributed by atoms with Gasteiger partial charge in [0, 0.05) is 27.9 Å². The average Bonchev–Trinajstić information content (AvgIpc) is 3.56. The highest BCUT2D eigenvalue weighted by atomic mass is 32.1. The summed E-state index contributed by atoms with van der Waals surface area (Å²) in [6.07, 6.45) is 0. The van der Waals surface area contributed by atoms with Gasteiger partial charge in [-0.05, 0) is 55.5 Å². The van der Waals surface area contributed by atoms with Gasteiger partial charge in [0.2, 0.25) is 0 Å². The number of esters is 1. The Labute approximate surface area is 227 Å². The van der Waals surface area contributed by atoms with Gasteiger partial charge in [0.15, 0.2) is 5.13 Å². The highest BCUT2D eigenvalue weighted by Crippen LogP contribution is 2.39. The molecule has 2 heterocycles. The first-order chi connectivity index (χ1) is 18.5. The molecule has 0 aliphatic rings. The summed E-state index contributed by atoms with van der Waals surface area (Å²) in [5.41, 5.74) is 10.4. The third-order valence-corrected chi connectivity index (χ3v) is 7.43. The van der Waals surface area contributed by atoms with Crippen LogP contribution in [0.3, 0.4) is 0 Å². The molecule has 0 aliphatic carbocycles. The summed E-state index contributed by atoms with van der Waals surface area (Å²) in [7, 11) is 0. The minimum absolute atomic E-state index is 0.172. The Bertz CT molecular complexity index is 1580. The Hall–Kier alpha value is -4.54. The number of benzene rings is 3. The summed E-state index contributed by atoms with van der Waals surface area (Å²) < 4.78 is 5.02. The maximum Gasteiger partial charge on any atom is 0.338 e. The fraction of sp³-hybridized carbons (Fsp3) is 0.0714. The zero-order valence-electron chi connectivity index (χ0n) is 20.3. The number of hydrogen-bond acceptors (Lipinski definition) is 9. The molecule has 8 nitrogen and oxygen atoms in total. The van der Waals surface area contributed by atoms with Crippen LogP contribution in [-0.4, -0.2) is 28.5 Å². The van der Waals surface area contributed by atoms with E-state index >= 15 is 0 Å². The molecule has 3 aromatic carbocycles. The number of nitrogens with two attached hydrogens (primary N) is 1. The third-order valence-electron chi connectivity index (χ3n) is 5.45. The molecular weight excluding hydrogens is 518 g/mol. The molecule has 0 radical (unpaired) electrons. The van der Waals surface area contributed by atoms with Gasteiger partial charge < -0.3 is 21.1 Å². The van der Waals surface area contributed by atoms with Crippen molar-refractivity contribution in [3.8, 4) is 21.1 Å². The summed E-state index contributed by atoms with van der Waals surface area (Å²) in [6.45, 7) is 2.10. The quantitative estimate of drug-likeness (QED) is 0.187. The van der Waals surface area contributed by atoms with Crippen LogP contribution < -0.4 is 16.4 Å². The van der Waals surface area contributed by atoms with Crippen molar-refractivity contribution in [2.24, 2.45) is 0 Å². The second kappa shape index (κ2) is 11.2. The maximum absolute atomic E-state index is 12.5. The average molecular weight is 542 g/mol. The molecule has 0 aliphatic heterocycles. The number of ether oxygens (including phenoxy) is 1. The van der Waals surface area contributed by atoms with Gasteiger partial charge >= 0.3 is 5.97 Å². The number of amides is 1. The molecule has 0 saturated heterocycles. The Balaban J connectivity index is 1.30. The van der Waals surface area contributed by atoms with Gasteiger partial charge in [0.1, 0.15) is 15.7 Å². The van der Waals surface area contributed by atoms with Crippen molar-refractivity contribution in [2.75, 3.05) is 23.0 Å². The molecule has 2 aromatic heterocycles. The van der Waals surface area contributed by atoms with Gasteiger partial charge in [-0.3, -0.25) is 4.79 Å². The van der Waals surface area contributed by atoms with Gasteiger partial charge in [-0.1, -0.05) is 41.7 Å². The van der Waals surface area contributed by atoms with E-state index in [1.54, 1.807) is 43.3 Å². The zero-order valence-corrected chi connectivity index (χ0v) is 21.9. The van der Waals surface area contributed by atoms with Gasteiger partial charge in [-0.2, -0.15) is 0 Å². The number of carbonyl (C=O) groups excluding carboxylic acids is 2. The summed E-state index contributed by atoms with van der Waals surface area (Å²) in [4.78, 5) is 34.4. The number of aromatic nitrogens is 2. The number of rotatable bonds is 8. The van der Waals surface area contributed by atoms with Gasteiger partial charge in [-0.15, -0.1) is 11.3 Å². The number of thiazole rings is 2. The molecule has 190 valence electrons. The molecule has 0 unspecified atom stereocenters. The summed E-state index contributed by atoms with van der Waals surface area (Å²) in [6, 6.07) is 23.6. The largest absolute Gasteiger partial charge is 0.462 e. The zero-order chi connectivity index (χ0) is 26.5. The lowest BCUT2D eigenvalue weighted by atomic mass is 10.1. The van der Waals surface area contributed by atoms with Gasteiger partial charge in [-0.25, -0.2) is 14.8 Å². The van der Waals surface area contributed by atoms with E-state index in [1.165, 1.54) is 22.7 Å². The van der Waals surface area contributed by atoms with Gasteiger partial charge in [0.25, 0.3) is 5.91 Å². The molecule has 5 rings (SSSR count). The number of carbonyl (C=O) groups is 2. The molecule has 10 heteroatoms. The van der Waals surface area contributed by atoms with E-state index in [9.17, 15) is 9.59 Å². The highest BCUT2D eigenvalue weighted by Gasteiger charge is 2.16. The molecule has 0 saturated carbocycles. The summed E-state index contributed by atoms with van der Waals surface area (Å²) in [5.74, 6) is -0.149. The molecule has 0 bridgehead atoms. The SMILES string of the molecule is CCOC(=O)c1ccc(Nc2nc(N)c(-c3nc(-c4cccc(NC(=O)c5ccccc5)c4)cs3)s2)cc1. The van der Waals surface area contributed by atoms with Crippen LogP contribution in [0, 0.1) is 0 Å². The van der Waals surface area contributed by atoms with Crippen molar-refractivity contribution < 1.29 is 14.3 Å². The van der Waals surface area contributed by atoms with Crippen LogP contribution in [0.25, 0.3) is 21.1 Å². The highest BCUT2D eigenvalue weighted by molar-refractivity contribution is 7.23. The first kappa shape index (κ1) is 25.1. The van der Waals surface area contributed by atoms with Crippen LogP contribution in [0.4, 0.5) is 22.3 Å². The molecular formula is C28H23N5O3S2. The van der Waals surface area contributed by atoms with E-state index in [-0.39, 0.29) is 11.9 Å². The monoisotopic (exact) mass is 541 g/mol. The van der Waals surface area contributed by atoms with E-state index < -0.39 is 0 Å². The standard InChI is InChI=1S/C28H23N5O3S2/c1-2-36-27(35)18-11-13-20(14-12-18)31-28-33-24(29)23(38-28)26-32-22(16-37-26)19-9-6-10-21(15-19)30-25(34)17-7-4-3-5-8-17/h3-16H,2,29H2,1H3,(H,30,34)(H,31,33). The van der Waals surface area contributed by atoms with E-state index in [0.29, 0.717) is 34.4 Å². The van der Waals surface area contributed by atoms with Crippen LogP contribution in [-0.2, 0) is 4.74 Å². The smallest absolute Gasteiger partial charge is 0.338 e. The van der Waals surface area contributed by atoms with Crippen LogP contribution in [0.15, 0.2) is 84.2 Å². The van der Waals surface area contributed by atoms with E-state index in [1.807, 2.05) is 47.8 Å². The number of nitrogens with zero attached hydrogens (tertiary/aromatic N) is 2. The van der Waals surface area contributed by atoms with E-state index in [2.05, 4.69) is 15.6 Å². The molecule has 0 fully saturated rings. The Morgan fingerprint density at radius 2 is 1.71 bits per heavy atom. The predicted octanol–water partition coefficient (Wildman–Crippen LogP) is 6.69. The fourth-order valence-corrected chi connectivity index (χ4v) is 5.46. The number of hydrogen-bond donors (Lipinski definition) is 3. The van der Waals surface area contributed by atoms with Crippen LogP contribution in [0.2, 0.25) is 0 Å². The first-order valence-corrected chi connectivity index (χ1v) is 13.4. The van der Waals surface area contributed by atoms with Crippen molar-refractivity contribution in [2.45, 2.75) is 6.92 Å². The van der Waals surface area contributed by atoms with E-state index in [4.69, 9.17) is 15.5 Å². The molecule has 0 atom stereocenters. The first-order valence-electron chi connectivity index (χ1n) is 11.7. The minimum Gasteiger partial charge on any atom is -0.462 e. The molecule has 4 N–H and O–H groups in total. The summed E-state index contributed by atoms with van der Waals surface area (Å²) >= 11 is 2.87. The number of anilines is 4. The summed E-state index contributed by atoms with van der Waals surface area (Å²) in [5, 5.41) is 9.47. The maximum atomic E-state index is 12.5. The van der Waals surface area contributed by atoms with Crippen molar-refractivity contribution in [1.82, 2.24) is 9.97 Å². The van der Waals surface area contributed by atoms with Crippen molar-refractivity contribution in [3.05, 3.63) is 95.4 Å². The lowest BCUT2D eigenvalue weighted by Crippen LogP contribution is -2.11. The lowest BCUT2D eigenvalue weighted by Gasteiger charge is -2.06. The van der Waals surface area contributed by atoms with Crippen molar-refractivity contribution in [3.63, 3.8) is 0 Å². The number of nitrogen functional groups attached to an aromatic ring is 1. The lowest BCUT2D eigenvalue weighted by molar-refractivity contribution is 0.0526. The minimum atomic E-state index is -0.358. The molecule has 38 heavy (non-hydrogen) atoms. The molecule has 0 spiro atoms. The van der Waals surface area contributed by atoms with Crippen LogP contribution in [0.5, 0.6) is 0 Å². The Kier molecular flexibility index (Phi) is 7.43.